The van der Waals surface area contributed by atoms with Gasteiger partial charge in [-0.25, -0.2) is 0 Å². The van der Waals surface area contributed by atoms with E-state index >= 15 is 0 Å². The molecular formula is C2CoMnO4Zr. The van der Waals surface area contributed by atoms with E-state index in [-0.39, 0.29) is 60.1 Å². The van der Waals surface area contributed by atoms with Crippen LogP contribution in [0.2, 0.25) is 0 Å². The molecule has 2 radical (unpaired) electrons. The monoisotopic (exact) mass is 292 g/mol. The minimum absolute atomic E-state index is 0. The number of carbonyl (C=O) groups excluding carboxylic acids is 2. The van der Waals surface area contributed by atoms with Gasteiger partial charge in [0.25, 0.3) is 0 Å². The fourth-order valence-electron chi connectivity index (χ4n) is 0. The molecule has 0 fully saturated rings. The van der Waals surface area contributed by atoms with E-state index in [1.54, 1.807) is 0 Å². The van der Waals surface area contributed by atoms with Crippen LogP contribution in [0, 0.1) is 0 Å². The van der Waals surface area contributed by atoms with Crippen LogP contribution in [0.4, 0.5) is 0 Å². The minimum atomic E-state index is -2.19. The number of aliphatic carboxylic acids is 2. The molecule has 0 aromatic heterocycles. The van der Waals surface area contributed by atoms with E-state index in [2.05, 4.69) is 0 Å². The summed E-state index contributed by atoms with van der Waals surface area (Å²) in [4.78, 5) is 17.9. The molecule has 4 nitrogen and oxygen atoms in total. The van der Waals surface area contributed by atoms with Gasteiger partial charge in [0.2, 0.25) is 0 Å². The third-order valence-electron chi connectivity index (χ3n) is 0.167. The maximum Gasteiger partial charge on any atom is 2.00 e. The Morgan fingerprint density at radius 2 is 1.11 bits per heavy atom. The first kappa shape index (κ1) is 22.5. The van der Waals surface area contributed by atoms with Crippen molar-refractivity contribution in [1.29, 1.82) is 0 Å². The average Bonchev–Trinajstić information content (AvgIpc) is 1.36. The Labute approximate surface area is 91.2 Å². The van der Waals surface area contributed by atoms with Crippen LogP contribution < -0.4 is 10.2 Å². The maximum atomic E-state index is 8.93. The molecule has 0 N–H and O–H groups in total. The molecule has 0 aliphatic carbocycles. The fraction of sp³-hybridized carbons (Fsp3) is 0. The third-order valence-corrected chi connectivity index (χ3v) is 0.167. The second-order valence-corrected chi connectivity index (χ2v) is 0.575. The minimum Gasteiger partial charge on any atom is -0.543 e. The largest absolute Gasteiger partial charge is 2.00 e. The molecular weight excluding hydrogens is 293 g/mol. The van der Waals surface area contributed by atoms with E-state index in [4.69, 9.17) is 19.8 Å². The summed E-state index contributed by atoms with van der Waals surface area (Å²) >= 11 is 0. The van der Waals surface area contributed by atoms with Crippen LogP contribution in [-0.2, 0) is 69.6 Å². The molecule has 0 unspecified atom stereocenters. The van der Waals surface area contributed by atoms with Gasteiger partial charge in [0.15, 0.2) is 0 Å². The van der Waals surface area contributed by atoms with Crippen molar-refractivity contribution in [3.8, 4) is 0 Å². The first-order valence-electron chi connectivity index (χ1n) is 1.07. The van der Waals surface area contributed by atoms with Gasteiger partial charge in [-0.15, -0.1) is 0 Å². The summed E-state index contributed by atoms with van der Waals surface area (Å²) in [5.41, 5.74) is 0. The van der Waals surface area contributed by atoms with Crippen molar-refractivity contribution in [2.75, 3.05) is 0 Å². The number of hydrogen-bond acceptors (Lipinski definition) is 4. The Bertz CT molecular complexity index is 84.6. The van der Waals surface area contributed by atoms with Crippen molar-refractivity contribution < 1.29 is 79.9 Å². The zero-order chi connectivity index (χ0) is 5.15. The van der Waals surface area contributed by atoms with Crippen molar-refractivity contribution in [2.45, 2.75) is 0 Å². The van der Waals surface area contributed by atoms with E-state index in [1.807, 2.05) is 0 Å². The average molecular weight is 293 g/mol. The molecule has 0 bridgehead atoms. The van der Waals surface area contributed by atoms with Gasteiger partial charge in [0.05, 0.1) is 11.9 Å². The van der Waals surface area contributed by atoms with Crippen LogP contribution >= 0.6 is 0 Å². The van der Waals surface area contributed by atoms with Crippen LogP contribution in [0.15, 0.2) is 0 Å². The van der Waals surface area contributed by atoms with Gasteiger partial charge in [-0.3, -0.25) is 0 Å². The zero-order valence-corrected chi connectivity index (χ0v) is 8.52. The standard InChI is InChI=1S/C2H2O4.Co.Mn.Zr/c3-1(4)2(5)6;;;/h(H,3,4)(H,5,6);;;/q;;+2;/p-2. The number of hydrogen-bond donors (Lipinski definition) is 0. The van der Waals surface area contributed by atoms with E-state index in [9.17, 15) is 0 Å². The molecule has 7 heteroatoms. The van der Waals surface area contributed by atoms with Crippen LogP contribution in [0.25, 0.3) is 0 Å². The summed E-state index contributed by atoms with van der Waals surface area (Å²) < 4.78 is 0. The second-order valence-electron chi connectivity index (χ2n) is 0.575. The normalized spacial score (nSPS) is 4.89. The van der Waals surface area contributed by atoms with E-state index in [1.165, 1.54) is 0 Å². The molecule has 0 amide bonds. The summed E-state index contributed by atoms with van der Waals surface area (Å²) in [5.74, 6) is -4.37. The van der Waals surface area contributed by atoms with E-state index in [0.29, 0.717) is 0 Å². The van der Waals surface area contributed by atoms with Gasteiger partial charge in [-0.05, 0) is 0 Å². The first-order valence-corrected chi connectivity index (χ1v) is 1.07. The van der Waals surface area contributed by atoms with Crippen LogP contribution in [0.3, 0.4) is 0 Å². The molecule has 0 spiro atoms. The Balaban J connectivity index is -0.0000000417. The summed E-state index contributed by atoms with van der Waals surface area (Å²) in [6.07, 6.45) is 0. The van der Waals surface area contributed by atoms with E-state index < -0.39 is 11.9 Å². The molecule has 0 aliphatic heterocycles. The van der Waals surface area contributed by atoms with Gasteiger partial charge in [-0.2, -0.15) is 0 Å². The van der Waals surface area contributed by atoms with Crippen molar-refractivity contribution >= 4 is 11.9 Å². The van der Waals surface area contributed by atoms with Crippen LogP contribution in [-0.4, -0.2) is 11.9 Å². The van der Waals surface area contributed by atoms with Gasteiger partial charge in [0.1, 0.15) is 0 Å². The predicted molar refractivity (Wildman–Crippen MR) is 10.0 cm³/mol. The molecule has 9 heavy (non-hydrogen) atoms. The Morgan fingerprint density at radius 1 is 1.00 bits per heavy atom. The van der Waals surface area contributed by atoms with Gasteiger partial charge < -0.3 is 19.8 Å². The van der Waals surface area contributed by atoms with Crippen LogP contribution in [0.1, 0.15) is 0 Å². The van der Waals surface area contributed by atoms with Crippen molar-refractivity contribution in [3.05, 3.63) is 0 Å². The quantitative estimate of drug-likeness (QED) is 0.342. The zero-order valence-electron chi connectivity index (χ0n) is 3.84. The van der Waals surface area contributed by atoms with Gasteiger partial charge in [0, 0.05) is 43.0 Å². The SMILES string of the molecule is O=C([O-])C(=O)[O-].[Co].[Mn+2].[Zr]. The third kappa shape index (κ3) is 17.7. The van der Waals surface area contributed by atoms with Crippen molar-refractivity contribution in [2.24, 2.45) is 0 Å². The fourth-order valence-corrected chi connectivity index (χ4v) is 0. The predicted octanol–water partition coefficient (Wildman–Crippen LogP) is -3.52. The Kier molecular flexibility index (Phi) is 29.1. The smallest absolute Gasteiger partial charge is 0.543 e. The molecule has 0 rings (SSSR count). The summed E-state index contributed by atoms with van der Waals surface area (Å²) in [5, 5.41) is 17.9. The molecule has 52 valence electrons. The van der Waals surface area contributed by atoms with Gasteiger partial charge >= 0.3 is 17.1 Å². The summed E-state index contributed by atoms with van der Waals surface area (Å²) in [7, 11) is 0. The molecule has 0 aromatic carbocycles. The summed E-state index contributed by atoms with van der Waals surface area (Å²) in [6, 6.07) is 0. The molecule has 0 heterocycles. The first-order chi connectivity index (χ1) is 2.64. The van der Waals surface area contributed by atoms with Crippen molar-refractivity contribution in [1.82, 2.24) is 0 Å². The van der Waals surface area contributed by atoms with E-state index in [0.717, 1.165) is 0 Å². The second kappa shape index (κ2) is 11.6. The number of carbonyl (C=O) groups is 2. The van der Waals surface area contributed by atoms with Gasteiger partial charge in [-0.1, -0.05) is 0 Å². The Hall–Kier alpha value is 0.849. The maximum absolute atomic E-state index is 8.93. The number of carboxylic acids is 2. The summed E-state index contributed by atoms with van der Waals surface area (Å²) in [6.45, 7) is 0. The molecule has 0 aliphatic rings. The topological polar surface area (TPSA) is 80.3 Å². The Morgan fingerprint density at radius 3 is 1.11 bits per heavy atom. The molecule has 0 saturated carbocycles. The van der Waals surface area contributed by atoms with Crippen LogP contribution in [0.5, 0.6) is 0 Å². The van der Waals surface area contributed by atoms with Crippen molar-refractivity contribution in [3.63, 3.8) is 0 Å². The molecule has 0 saturated heterocycles. The molecule has 0 atom stereocenters. The molecule has 0 aromatic rings. The number of rotatable bonds is 0. The number of carboxylic acid groups (broad SMARTS) is 2.